The standard InChI is InChI=1S/C12H27NOS/c1-4-5-6-7-8-9-10-11(2)12(3)15(13)14/h11-12H,4-10,13H2,1-3H3. The number of rotatable bonds is 9. The van der Waals surface area contributed by atoms with E-state index in [0.717, 1.165) is 6.42 Å². The van der Waals surface area contributed by atoms with E-state index in [1.807, 2.05) is 6.92 Å². The van der Waals surface area contributed by atoms with Crippen molar-refractivity contribution in [3.05, 3.63) is 0 Å². The summed E-state index contributed by atoms with van der Waals surface area (Å²) < 4.78 is 11.0. The van der Waals surface area contributed by atoms with Gasteiger partial charge < -0.3 is 4.55 Å². The normalized spacial score (nSPS) is 17.4. The van der Waals surface area contributed by atoms with E-state index in [1.165, 1.54) is 38.5 Å². The van der Waals surface area contributed by atoms with Crippen LogP contribution < -0.4 is 5.14 Å². The SMILES string of the molecule is CCCCCCCCC(C)C(C)[S+](N)[O-]. The third-order valence-corrected chi connectivity index (χ3v) is 4.38. The van der Waals surface area contributed by atoms with Crippen LogP contribution in [0.3, 0.4) is 0 Å². The Morgan fingerprint density at radius 3 is 2.13 bits per heavy atom. The molecule has 0 aromatic carbocycles. The molecule has 0 aliphatic heterocycles. The number of hydrogen-bond acceptors (Lipinski definition) is 2. The number of hydrogen-bond donors (Lipinski definition) is 1. The molecule has 0 fully saturated rings. The summed E-state index contributed by atoms with van der Waals surface area (Å²) in [4.78, 5) is 0. The third-order valence-electron chi connectivity index (χ3n) is 3.18. The lowest BCUT2D eigenvalue weighted by Gasteiger charge is -2.19. The number of nitrogens with two attached hydrogens (primary N) is 1. The van der Waals surface area contributed by atoms with E-state index in [9.17, 15) is 4.55 Å². The summed E-state index contributed by atoms with van der Waals surface area (Å²) in [5, 5.41) is 5.52. The fourth-order valence-electron chi connectivity index (χ4n) is 1.71. The highest BCUT2D eigenvalue weighted by molar-refractivity contribution is 7.89. The molecule has 3 atom stereocenters. The lowest BCUT2D eigenvalue weighted by Crippen LogP contribution is -2.31. The maximum absolute atomic E-state index is 11.0. The summed E-state index contributed by atoms with van der Waals surface area (Å²) in [6.45, 7) is 6.37. The van der Waals surface area contributed by atoms with Gasteiger partial charge in [0.05, 0.1) is 0 Å². The molecular formula is C12H27NOS. The van der Waals surface area contributed by atoms with Crippen LogP contribution in [0.15, 0.2) is 0 Å². The van der Waals surface area contributed by atoms with Gasteiger partial charge in [0.15, 0.2) is 0 Å². The largest absolute Gasteiger partial charge is 0.598 e. The minimum absolute atomic E-state index is 0.139. The van der Waals surface area contributed by atoms with Crippen molar-refractivity contribution in [2.75, 3.05) is 0 Å². The Morgan fingerprint density at radius 2 is 1.60 bits per heavy atom. The predicted molar refractivity (Wildman–Crippen MR) is 68.9 cm³/mol. The van der Waals surface area contributed by atoms with Crippen molar-refractivity contribution in [2.24, 2.45) is 11.1 Å². The van der Waals surface area contributed by atoms with E-state index in [2.05, 4.69) is 13.8 Å². The van der Waals surface area contributed by atoms with Gasteiger partial charge in [0.25, 0.3) is 0 Å². The van der Waals surface area contributed by atoms with Crippen LogP contribution in [0.25, 0.3) is 0 Å². The van der Waals surface area contributed by atoms with Gasteiger partial charge >= 0.3 is 0 Å². The van der Waals surface area contributed by atoms with E-state index in [1.54, 1.807) is 0 Å². The van der Waals surface area contributed by atoms with Crippen molar-refractivity contribution in [1.82, 2.24) is 0 Å². The zero-order chi connectivity index (χ0) is 11.7. The number of unbranched alkanes of at least 4 members (excludes halogenated alkanes) is 5. The van der Waals surface area contributed by atoms with Gasteiger partial charge in [-0.2, -0.15) is 5.14 Å². The van der Waals surface area contributed by atoms with Crippen molar-refractivity contribution in [1.29, 1.82) is 0 Å². The van der Waals surface area contributed by atoms with Crippen molar-refractivity contribution >= 4 is 11.4 Å². The van der Waals surface area contributed by atoms with Gasteiger partial charge in [0, 0.05) is 17.3 Å². The Balaban J connectivity index is 3.34. The summed E-state index contributed by atoms with van der Waals surface area (Å²) in [5.74, 6) is 0.488. The Morgan fingerprint density at radius 1 is 1.07 bits per heavy atom. The van der Waals surface area contributed by atoms with Crippen molar-refractivity contribution < 1.29 is 4.55 Å². The molecule has 0 amide bonds. The van der Waals surface area contributed by atoms with E-state index in [0.29, 0.717) is 5.92 Å². The molecule has 0 spiro atoms. The average molecular weight is 233 g/mol. The molecule has 0 bridgehead atoms. The topological polar surface area (TPSA) is 49.1 Å². The van der Waals surface area contributed by atoms with E-state index < -0.39 is 11.4 Å². The van der Waals surface area contributed by atoms with Crippen molar-refractivity contribution in [2.45, 2.75) is 71.0 Å². The second kappa shape index (κ2) is 9.49. The first-order valence-electron chi connectivity index (χ1n) is 6.24. The Kier molecular flexibility index (Phi) is 9.66. The van der Waals surface area contributed by atoms with Crippen LogP contribution in [0.4, 0.5) is 0 Å². The second-order valence-corrected chi connectivity index (χ2v) is 5.97. The van der Waals surface area contributed by atoms with Crippen LogP contribution >= 0.6 is 0 Å². The molecule has 92 valence electrons. The summed E-state index contributed by atoms with van der Waals surface area (Å²) in [7, 11) is 0. The van der Waals surface area contributed by atoms with Gasteiger partial charge in [-0.15, -0.1) is 0 Å². The molecule has 2 nitrogen and oxygen atoms in total. The van der Waals surface area contributed by atoms with Crippen molar-refractivity contribution in [3.8, 4) is 0 Å². The molecule has 3 unspecified atom stereocenters. The molecular weight excluding hydrogens is 206 g/mol. The average Bonchev–Trinajstić information content (AvgIpc) is 2.21. The van der Waals surface area contributed by atoms with Crippen molar-refractivity contribution in [3.63, 3.8) is 0 Å². The molecule has 0 aromatic heterocycles. The van der Waals surface area contributed by atoms with Gasteiger partial charge in [-0.3, -0.25) is 0 Å². The molecule has 0 aliphatic carbocycles. The maximum atomic E-state index is 11.0. The van der Waals surface area contributed by atoms with Gasteiger partial charge in [0.1, 0.15) is 5.25 Å². The first-order chi connectivity index (χ1) is 7.09. The summed E-state index contributed by atoms with van der Waals surface area (Å²) in [5.41, 5.74) is 0. The predicted octanol–water partition coefficient (Wildman–Crippen LogP) is 3.38. The molecule has 0 rings (SSSR count). The van der Waals surface area contributed by atoms with Gasteiger partial charge in [-0.05, 0) is 13.3 Å². The lowest BCUT2D eigenvalue weighted by atomic mass is 9.99. The molecule has 15 heavy (non-hydrogen) atoms. The van der Waals surface area contributed by atoms with Crippen LogP contribution in [0, 0.1) is 5.92 Å². The first-order valence-corrected chi connectivity index (χ1v) is 7.52. The van der Waals surface area contributed by atoms with Crippen LogP contribution in [0.5, 0.6) is 0 Å². The quantitative estimate of drug-likeness (QED) is 0.490. The Hall–Kier alpha value is 0.270. The smallest absolute Gasteiger partial charge is 0.135 e. The molecule has 3 heteroatoms. The Bertz CT molecular complexity index is 142. The van der Waals surface area contributed by atoms with Gasteiger partial charge in [-0.1, -0.05) is 52.4 Å². The zero-order valence-electron chi connectivity index (χ0n) is 10.5. The highest BCUT2D eigenvalue weighted by atomic mass is 32.2. The molecule has 0 radical (unpaired) electrons. The zero-order valence-corrected chi connectivity index (χ0v) is 11.3. The first kappa shape index (κ1) is 15.3. The summed E-state index contributed by atoms with van der Waals surface area (Å²) in [6.07, 6.45) is 9.11. The summed E-state index contributed by atoms with van der Waals surface area (Å²) in [6, 6.07) is 0. The van der Waals surface area contributed by atoms with Gasteiger partial charge in [-0.25, -0.2) is 0 Å². The molecule has 0 heterocycles. The van der Waals surface area contributed by atoms with Crippen LogP contribution in [-0.4, -0.2) is 9.80 Å². The monoisotopic (exact) mass is 233 g/mol. The summed E-state index contributed by atoms with van der Waals surface area (Å²) >= 11 is -1.15. The fraction of sp³-hybridized carbons (Fsp3) is 1.00. The molecule has 0 saturated heterocycles. The van der Waals surface area contributed by atoms with Crippen LogP contribution in [0.2, 0.25) is 0 Å². The van der Waals surface area contributed by atoms with Gasteiger partial charge in [0.2, 0.25) is 0 Å². The minimum Gasteiger partial charge on any atom is -0.598 e. The highest BCUT2D eigenvalue weighted by Gasteiger charge is 2.20. The Labute approximate surface area is 98.3 Å². The molecule has 0 aromatic rings. The molecule has 0 aliphatic rings. The fourth-order valence-corrected chi connectivity index (χ4v) is 2.30. The molecule has 0 saturated carbocycles. The van der Waals surface area contributed by atoms with E-state index in [4.69, 9.17) is 5.14 Å². The van der Waals surface area contributed by atoms with Crippen LogP contribution in [-0.2, 0) is 11.4 Å². The van der Waals surface area contributed by atoms with E-state index >= 15 is 0 Å². The highest BCUT2D eigenvalue weighted by Crippen LogP contribution is 2.18. The molecule has 2 N–H and O–H groups in total. The minimum atomic E-state index is -1.15. The van der Waals surface area contributed by atoms with E-state index in [-0.39, 0.29) is 5.25 Å². The maximum Gasteiger partial charge on any atom is 0.135 e. The second-order valence-electron chi connectivity index (χ2n) is 4.57. The third kappa shape index (κ3) is 8.12. The van der Waals surface area contributed by atoms with Crippen LogP contribution in [0.1, 0.15) is 65.7 Å². The lowest BCUT2D eigenvalue weighted by molar-refractivity contribution is 0.461.